The maximum atomic E-state index is 4.35. The second-order valence-electron chi connectivity index (χ2n) is 3.22. The van der Waals surface area contributed by atoms with E-state index in [0.717, 1.165) is 21.8 Å². The van der Waals surface area contributed by atoms with Crippen molar-refractivity contribution in [1.82, 2.24) is 9.97 Å². The summed E-state index contributed by atoms with van der Waals surface area (Å²) in [6.07, 6.45) is 3.60. The topological polar surface area (TPSA) is 57.3 Å². The molecule has 0 spiro atoms. The van der Waals surface area contributed by atoms with E-state index in [1.165, 1.54) is 0 Å². The largest absolute Gasteiger partial charge is 0.254 e. The van der Waals surface area contributed by atoms with Crippen molar-refractivity contribution >= 4 is 51.4 Å². The normalized spacial score (nSPS) is 9.50. The Hall–Kier alpha value is -1.00. The molecule has 3 rings (SSSR count). The summed E-state index contributed by atoms with van der Waals surface area (Å²) in [5, 5.41) is 2.28. The zero-order valence-electron chi connectivity index (χ0n) is 8.01. The van der Waals surface area contributed by atoms with Crippen molar-refractivity contribution in [2.24, 2.45) is 0 Å². The van der Waals surface area contributed by atoms with Crippen LogP contribution in [-0.4, -0.2) is 45.0 Å². The van der Waals surface area contributed by atoms with Crippen molar-refractivity contribution in [2.75, 3.05) is 0 Å². The number of hydrogen-bond donors (Lipinski definition) is 0. The van der Waals surface area contributed by atoms with E-state index in [1.807, 2.05) is 12.1 Å². The zero-order valence-corrected chi connectivity index (χ0v) is 8.01. The molecule has 2 heterocycles. The van der Waals surface area contributed by atoms with Gasteiger partial charge in [-0.25, -0.2) is 0 Å². The van der Waals surface area contributed by atoms with Crippen molar-refractivity contribution in [2.45, 2.75) is 0 Å². The summed E-state index contributed by atoms with van der Waals surface area (Å²) in [6.45, 7) is 0. The van der Waals surface area contributed by atoms with Crippen LogP contribution in [0.3, 0.4) is 0 Å². The number of pyridine rings is 2. The van der Waals surface area contributed by atoms with E-state index < -0.39 is 0 Å². The van der Waals surface area contributed by atoms with Crippen LogP contribution in [0.25, 0.3) is 21.8 Å². The van der Waals surface area contributed by atoms with Gasteiger partial charge < -0.3 is 5.48 Å². The van der Waals surface area contributed by atoms with E-state index in [1.54, 1.807) is 12.4 Å². The molecular formula is C12H11N2NaO. The van der Waals surface area contributed by atoms with Crippen molar-refractivity contribution < 1.29 is 5.48 Å². The second-order valence-corrected chi connectivity index (χ2v) is 3.22. The molecule has 0 aliphatic carbocycles. The molecule has 0 aliphatic rings. The van der Waals surface area contributed by atoms with Crippen LogP contribution in [0.2, 0.25) is 0 Å². The third-order valence-electron chi connectivity index (χ3n) is 2.34. The van der Waals surface area contributed by atoms with Gasteiger partial charge in [-0.3, -0.25) is 9.97 Å². The quantitative estimate of drug-likeness (QED) is 0.425. The molecule has 16 heavy (non-hydrogen) atoms. The van der Waals surface area contributed by atoms with E-state index in [-0.39, 0.29) is 35.0 Å². The van der Waals surface area contributed by atoms with Gasteiger partial charge in [-0.1, -0.05) is 24.3 Å². The number of aromatic nitrogens is 2. The molecule has 2 aromatic heterocycles. The molecule has 0 radical (unpaired) electrons. The molecule has 1 aromatic carbocycles. The van der Waals surface area contributed by atoms with Crippen molar-refractivity contribution in [3.8, 4) is 0 Å². The summed E-state index contributed by atoms with van der Waals surface area (Å²) in [7, 11) is 0. The van der Waals surface area contributed by atoms with Crippen LogP contribution in [0.4, 0.5) is 0 Å². The summed E-state index contributed by atoms with van der Waals surface area (Å²) in [6, 6.07) is 12.1. The molecule has 0 aliphatic heterocycles. The van der Waals surface area contributed by atoms with Crippen molar-refractivity contribution in [3.05, 3.63) is 48.8 Å². The molecule has 3 nitrogen and oxygen atoms in total. The van der Waals surface area contributed by atoms with Gasteiger partial charge >= 0.3 is 29.6 Å². The smallest absolute Gasteiger partial charge is 0.0964 e. The van der Waals surface area contributed by atoms with Crippen LogP contribution in [-0.2, 0) is 0 Å². The van der Waals surface area contributed by atoms with Gasteiger partial charge in [0.25, 0.3) is 0 Å². The van der Waals surface area contributed by atoms with E-state index in [2.05, 4.69) is 34.2 Å². The van der Waals surface area contributed by atoms with E-state index in [4.69, 9.17) is 0 Å². The first-order valence-electron chi connectivity index (χ1n) is 4.53. The number of benzene rings is 1. The van der Waals surface area contributed by atoms with Crippen molar-refractivity contribution in [1.29, 1.82) is 0 Å². The fourth-order valence-corrected chi connectivity index (χ4v) is 1.68. The Bertz CT molecular complexity index is 558. The van der Waals surface area contributed by atoms with Crippen molar-refractivity contribution in [3.63, 3.8) is 0 Å². The zero-order chi connectivity index (χ0) is 9.38. The maximum absolute atomic E-state index is 4.35. The molecular weight excluding hydrogens is 211 g/mol. The molecule has 4 heteroatoms. The molecule has 2 N–H and O–H groups in total. The minimum absolute atomic E-state index is 0. The summed E-state index contributed by atoms with van der Waals surface area (Å²) in [5.74, 6) is 0. The maximum Gasteiger partial charge on any atom is 0.0964 e. The first-order valence-corrected chi connectivity index (χ1v) is 4.53. The Kier molecular flexibility index (Phi) is 4.38. The van der Waals surface area contributed by atoms with Crippen LogP contribution >= 0.6 is 0 Å². The Morgan fingerprint density at radius 1 is 0.688 bits per heavy atom. The standard InChI is InChI=1S/C12H8N2.Na.H2O.H/c1-3-9-5-6-10-4-2-8-14-12(10)11(9)13-7-1;;;/h1-8H;;1H2;. The predicted octanol–water partition coefficient (Wildman–Crippen LogP) is 1.31. The van der Waals surface area contributed by atoms with Crippen LogP contribution < -0.4 is 0 Å². The van der Waals surface area contributed by atoms with E-state index in [9.17, 15) is 0 Å². The average molecular weight is 222 g/mol. The molecule has 0 atom stereocenters. The Morgan fingerprint density at radius 2 is 1.12 bits per heavy atom. The number of fused-ring (bicyclic) bond motifs is 3. The fraction of sp³-hybridized carbons (Fsp3) is 0. The van der Waals surface area contributed by atoms with Gasteiger partial charge in [0, 0.05) is 23.2 Å². The van der Waals surface area contributed by atoms with Gasteiger partial charge in [-0.05, 0) is 12.1 Å². The van der Waals surface area contributed by atoms with Gasteiger partial charge in [0.2, 0.25) is 0 Å². The van der Waals surface area contributed by atoms with Crippen LogP contribution in [0, 0.1) is 0 Å². The molecule has 0 amide bonds. The average Bonchev–Trinajstić information content (AvgIpc) is 2.29. The summed E-state index contributed by atoms with van der Waals surface area (Å²) in [5.41, 5.74) is 1.95. The predicted molar refractivity (Wildman–Crippen MR) is 67.8 cm³/mol. The van der Waals surface area contributed by atoms with Gasteiger partial charge in [-0.2, -0.15) is 0 Å². The van der Waals surface area contributed by atoms with Gasteiger partial charge in [0.15, 0.2) is 0 Å². The SMILES string of the molecule is O.[NaH].c1cnc2c(c1)ccc1cccnc12. The minimum Gasteiger partial charge on any atom is -0.254 e. The molecule has 0 fully saturated rings. The number of rotatable bonds is 0. The minimum atomic E-state index is 0. The Labute approximate surface area is 115 Å². The molecule has 0 saturated heterocycles. The number of hydrogen-bond acceptors (Lipinski definition) is 2. The van der Waals surface area contributed by atoms with Crippen LogP contribution in [0.5, 0.6) is 0 Å². The monoisotopic (exact) mass is 222 g/mol. The molecule has 0 unspecified atom stereocenters. The molecule has 0 bridgehead atoms. The van der Waals surface area contributed by atoms with E-state index in [0.29, 0.717) is 0 Å². The Balaban J connectivity index is 0.000000640. The first-order chi connectivity index (χ1) is 6.95. The number of nitrogens with zero attached hydrogens (tertiary/aromatic N) is 2. The van der Waals surface area contributed by atoms with Crippen LogP contribution in [0.15, 0.2) is 48.8 Å². The first kappa shape index (κ1) is 13.1. The molecule has 0 saturated carbocycles. The third kappa shape index (κ3) is 2.08. The second kappa shape index (κ2) is 5.37. The Morgan fingerprint density at radius 3 is 1.56 bits per heavy atom. The van der Waals surface area contributed by atoms with E-state index >= 15 is 0 Å². The third-order valence-corrected chi connectivity index (χ3v) is 2.34. The summed E-state index contributed by atoms with van der Waals surface area (Å²) >= 11 is 0. The van der Waals surface area contributed by atoms with Gasteiger partial charge in [0.05, 0.1) is 11.0 Å². The van der Waals surface area contributed by atoms with Gasteiger partial charge in [0.1, 0.15) is 0 Å². The molecule has 76 valence electrons. The van der Waals surface area contributed by atoms with Crippen LogP contribution in [0.1, 0.15) is 0 Å². The fourth-order valence-electron chi connectivity index (χ4n) is 1.68. The molecule has 3 aromatic rings. The summed E-state index contributed by atoms with van der Waals surface area (Å²) < 4.78 is 0. The van der Waals surface area contributed by atoms with Gasteiger partial charge in [-0.15, -0.1) is 0 Å². The summed E-state index contributed by atoms with van der Waals surface area (Å²) in [4.78, 5) is 8.69.